The van der Waals surface area contributed by atoms with E-state index in [9.17, 15) is 24.9 Å². The Hall–Kier alpha value is 0.236. The molecule has 0 heterocycles. The van der Waals surface area contributed by atoms with E-state index in [1.807, 2.05) is 6.08 Å². The second-order valence-electron chi connectivity index (χ2n) is 5.47. The smallest absolute Gasteiger partial charge is 0.544 e. The topological polar surface area (TPSA) is 97.7 Å². The van der Waals surface area contributed by atoms with Crippen molar-refractivity contribution in [2.45, 2.75) is 58.0 Å². The number of carbonyl (C=O) groups excluding carboxylic acids is 1. The Labute approximate surface area is 175 Å². The third-order valence-corrected chi connectivity index (χ3v) is 4.24. The van der Waals surface area contributed by atoms with Crippen molar-refractivity contribution >= 4 is 11.9 Å². The van der Waals surface area contributed by atoms with Crippen molar-refractivity contribution in [3.8, 4) is 0 Å². The van der Waals surface area contributed by atoms with Gasteiger partial charge in [-0.1, -0.05) is 12.5 Å². The number of quaternary nitrogens is 1. The van der Waals surface area contributed by atoms with Crippen LogP contribution in [0.25, 0.3) is 0 Å². The van der Waals surface area contributed by atoms with Crippen LogP contribution in [-0.2, 0) is 9.59 Å². The van der Waals surface area contributed by atoms with Crippen molar-refractivity contribution in [1.29, 1.82) is 0 Å². The number of unbranched alkanes of at least 4 members (excludes halogenated alkanes) is 4. The first kappa shape index (κ1) is 24.5. The fourth-order valence-electron chi connectivity index (χ4n) is 2.52. The van der Waals surface area contributed by atoms with Crippen LogP contribution in [0.3, 0.4) is 0 Å². The van der Waals surface area contributed by atoms with E-state index in [-0.39, 0.29) is 51.4 Å². The molecule has 122 valence electrons. The molecule has 0 rings (SSSR count). The molecule has 0 aromatic carbocycles. The van der Waals surface area contributed by atoms with Gasteiger partial charge in [-0.2, -0.15) is 0 Å². The normalized spacial score (nSPS) is 16.0. The Morgan fingerprint density at radius 3 is 2.14 bits per heavy atom. The van der Waals surface area contributed by atoms with Gasteiger partial charge in [-0.15, -0.1) is 6.58 Å². The Morgan fingerprint density at radius 1 is 1.18 bits per heavy atom. The van der Waals surface area contributed by atoms with Gasteiger partial charge in [-0.3, -0.25) is 4.48 Å². The molecule has 0 bridgehead atoms. The quantitative estimate of drug-likeness (QED) is 0.135. The second-order valence-corrected chi connectivity index (χ2v) is 5.47. The SMILES string of the molecule is C=CCCCCCC[N+](CO)(C(C)C(=O)[O-])C(C)C(=O)O.[K+]. The van der Waals surface area contributed by atoms with E-state index in [1.54, 1.807) is 0 Å². The summed E-state index contributed by atoms with van der Waals surface area (Å²) in [5.74, 6) is -2.47. The van der Waals surface area contributed by atoms with Crippen LogP contribution in [0.2, 0.25) is 0 Å². The molecule has 0 aromatic rings. The summed E-state index contributed by atoms with van der Waals surface area (Å²) < 4.78 is -0.404. The minimum absolute atomic E-state index is 0. The van der Waals surface area contributed by atoms with Gasteiger partial charge in [-0.25, -0.2) is 4.79 Å². The van der Waals surface area contributed by atoms with Crippen LogP contribution in [0.15, 0.2) is 12.7 Å². The number of aliphatic carboxylic acids is 2. The van der Waals surface area contributed by atoms with Crippen molar-refractivity contribution < 1.29 is 80.8 Å². The molecule has 0 amide bonds. The molecule has 0 radical (unpaired) electrons. The van der Waals surface area contributed by atoms with Gasteiger partial charge in [0, 0.05) is 0 Å². The average molecular weight is 340 g/mol. The van der Waals surface area contributed by atoms with Gasteiger partial charge in [0.15, 0.2) is 12.8 Å². The molecule has 0 aromatic heterocycles. The number of hydrogen-bond acceptors (Lipinski definition) is 4. The summed E-state index contributed by atoms with van der Waals surface area (Å²) in [6.07, 6.45) is 6.28. The molecule has 0 aliphatic heterocycles. The van der Waals surface area contributed by atoms with Crippen molar-refractivity contribution in [2.24, 2.45) is 0 Å². The molecule has 7 heteroatoms. The molecule has 0 saturated heterocycles. The molecule has 0 saturated carbocycles. The minimum Gasteiger partial charge on any atom is -0.544 e. The molecule has 3 atom stereocenters. The molecule has 22 heavy (non-hydrogen) atoms. The van der Waals surface area contributed by atoms with Gasteiger partial charge in [0.25, 0.3) is 0 Å². The standard InChI is InChI=1S/C15H27NO5.K/c1-4-5-6-7-8-9-10-16(11-17,12(2)14(18)19)13(3)15(20)21;/h4,12-13,17H,1,5-11H2,2-3H3,(H-,18,19,20,21);/q;+1. The molecule has 6 nitrogen and oxygen atoms in total. The number of carboxylic acids is 2. The maximum Gasteiger partial charge on any atom is 1.00 e. The first-order valence-corrected chi connectivity index (χ1v) is 7.35. The average Bonchev–Trinajstić information content (AvgIpc) is 2.45. The Kier molecular flexibility index (Phi) is 14.1. The monoisotopic (exact) mass is 340 g/mol. The largest absolute Gasteiger partial charge is 1.00 e. The number of carbonyl (C=O) groups is 2. The van der Waals surface area contributed by atoms with E-state index < -0.39 is 35.2 Å². The van der Waals surface area contributed by atoms with Crippen LogP contribution in [0.4, 0.5) is 0 Å². The van der Waals surface area contributed by atoms with Crippen LogP contribution in [0.1, 0.15) is 46.0 Å². The van der Waals surface area contributed by atoms with Crippen LogP contribution < -0.4 is 56.5 Å². The molecular weight excluding hydrogens is 313 g/mol. The van der Waals surface area contributed by atoms with Crippen molar-refractivity contribution in [3.63, 3.8) is 0 Å². The fourth-order valence-corrected chi connectivity index (χ4v) is 2.52. The Bertz CT molecular complexity index is 342. The second kappa shape index (κ2) is 12.6. The van der Waals surface area contributed by atoms with E-state index in [0.29, 0.717) is 13.0 Å². The van der Waals surface area contributed by atoms with Gasteiger partial charge in [0.05, 0.1) is 12.5 Å². The zero-order valence-corrected chi connectivity index (χ0v) is 17.1. The molecule has 0 aliphatic carbocycles. The number of hydrogen-bond donors (Lipinski definition) is 2. The third kappa shape index (κ3) is 7.21. The first-order valence-electron chi connectivity index (χ1n) is 7.35. The van der Waals surface area contributed by atoms with E-state index in [2.05, 4.69) is 6.58 Å². The summed E-state index contributed by atoms with van der Waals surface area (Å²) in [5.41, 5.74) is 0. The fraction of sp³-hybridized carbons (Fsp3) is 0.733. The minimum atomic E-state index is -1.34. The molecule has 0 fully saturated rings. The summed E-state index contributed by atoms with van der Waals surface area (Å²) in [6.45, 7) is 6.23. The first-order chi connectivity index (χ1) is 9.83. The summed E-state index contributed by atoms with van der Waals surface area (Å²) in [7, 11) is 0. The zero-order valence-electron chi connectivity index (χ0n) is 14.0. The van der Waals surface area contributed by atoms with Crippen LogP contribution in [-0.4, -0.2) is 52.0 Å². The van der Waals surface area contributed by atoms with E-state index in [0.717, 1.165) is 25.7 Å². The van der Waals surface area contributed by atoms with Gasteiger partial charge in [-0.05, 0) is 39.5 Å². The molecule has 0 spiro atoms. The number of aliphatic hydroxyl groups is 1. The summed E-state index contributed by atoms with van der Waals surface area (Å²) in [6, 6.07) is -2.08. The van der Waals surface area contributed by atoms with Crippen LogP contribution in [0.5, 0.6) is 0 Å². The maximum atomic E-state index is 11.3. The maximum absolute atomic E-state index is 11.3. The zero-order chi connectivity index (χ0) is 16.5. The van der Waals surface area contributed by atoms with Crippen LogP contribution in [0, 0.1) is 0 Å². The van der Waals surface area contributed by atoms with Gasteiger partial charge in [0.2, 0.25) is 0 Å². The van der Waals surface area contributed by atoms with Gasteiger partial charge in [0.1, 0.15) is 6.04 Å². The van der Waals surface area contributed by atoms with E-state index >= 15 is 0 Å². The molecule has 0 aliphatic rings. The van der Waals surface area contributed by atoms with Crippen molar-refractivity contribution in [1.82, 2.24) is 0 Å². The molecular formula is C15H27KNO5+. The number of aliphatic hydroxyl groups excluding tert-OH is 1. The van der Waals surface area contributed by atoms with Crippen molar-refractivity contribution in [3.05, 3.63) is 12.7 Å². The number of carboxylic acid groups (broad SMARTS) is 2. The van der Waals surface area contributed by atoms with Crippen molar-refractivity contribution in [2.75, 3.05) is 13.3 Å². The summed E-state index contributed by atoms with van der Waals surface area (Å²) in [4.78, 5) is 22.4. The Balaban J connectivity index is 0. The third-order valence-electron chi connectivity index (χ3n) is 4.24. The number of nitrogens with zero attached hydrogens (tertiary/aromatic N) is 1. The molecule has 3 unspecified atom stereocenters. The summed E-state index contributed by atoms with van der Waals surface area (Å²) in [5, 5.41) is 30.0. The van der Waals surface area contributed by atoms with Crippen LogP contribution >= 0.6 is 0 Å². The Morgan fingerprint density at radius 2 is 1.73 bits per heavy atom. The van der Waals surface area contributed by atoms with E-state index in [1.165, 1.54) is 13.8 Å². The van der Waals surface area contributed by atoms with Gasteiger partial charge < -0.3 is 20.1 Å². The number of rotatable bonds is 12. The van der Waals surface area contributed by atoms with E-state index in [4.69, 9.17) is 0 Å². The summed E-state index contributed by atoms with van der Waals surface area (Å²) >= 11 is 0. The van der Waals surface area contributed by atoms with Gasteiger partial charge >= 0.3 is 57.4 Å². The number of allylic oxidation sites excluding steroid dienone is 1. The molecule has 2 N–H and O–H groups in total. The predicted molar refractivity (Wildman–Crippen MR) is 77.1 cm³/mol. The predicted octanol–water partition coefficient (Wildman–Crippen LogP) is -2.49.